The van der Waals surface area contributed by atoms with Crippen molar-refractivity contribution in [2.24, 2.45) is 7.05 Å². The Morgan fingerprint density at radius 1 is 1.10 bits per heavy atom. The van der Waals surface area contributed by atoms with E-state index >= 15 is 0 Å². The normalized spacial score (nSPS) is 16.4. The first kappa shape index (κ1) is 23.5. The third-order valence-electron chi connectivity index (χ3n) is 6.35. The first-order valence-electron chi connectivity index (χ1n) is 10.6. The fourth-order valence-corrected chi connectivity index (χ4v) is 5.27. The van der Waals surface area contributed by atoms with Crippen molar-refractivity contribution in [3.8, 4) is 0 Å². The molecule has 1 aliphatic heterocycles. The average Bonchev–Trinajstić information content (AvgIpc) is 3.13. The lowest BCUT2D eigenvalue weighted by Crippen LogP contribution is -2.48. The van der Waals surface area contributed by atoms with Crippen molar-refractivity contribution in [3.05, 3.63) is 53.3 Å². The zero-order valence-electron chi connectivity index (χ0n) is 19.1. The van der Waals surface area contributed by atoms with Crippen molar-refractivity contribution in [2.75, 3.05) is 33.3 Å². The summed E-state index contributed by atoms with van der Waals surface area (Å²) in [6.45, 7) is 9.30. The number of rotatable bonds is 7. The molecule has 0 radical (unpaired) electrons. The van der Waals surface area contributed by atoms with Gasteiger partial charge in [-0.2, -0.15) is 4.31 Å². The SMILES string of the molecule is CCC(C)(C)c1ccc(S(=O)(=O)N2CCN(Cc3cc(C(=O)OC)n(C)c3)CC2)cc1. The third kappa shape index (κ3) is 5.02. The van der Waals surface area contributed by atoms with Crippen molar-refractivity contribution in [3.63, 3.8) is 0 Å². The summed E-state index contributed by atoms with van der Waals surface area (Å²) in [6.07, 6.45) is 2.90. The van der Waals surface area contributed by atoms with Crippen LogP contribution in [0.15, 0.2) is 41.4 Å². The highest BCUT2D eigenvalue weighted by Gasteiger charge is 2.29. The maximum absolute atomic E-state index is 13.1. The first-order chi connectivity index (χ1) is 14.6. The van der Waals surface area contributed by atoms with E-state index in [0.717, 1.165) is 17.5 Å². The van der Waals surface area contributed by atoms with Crippen LogP contribution in [-0.4, -0.2) is 61.4 Å². The van der Waals surface area contributed by atoms with E-state index in [9.17, 15) is 13.2 Å². The molecule has 1 aromatic carbocycles. The molecular weight excluding hydrogens is 414 g/mol. The fourth-order valence-electron chi connectivity index (χ4n) is 3.84. The van der Waals surface area contributed by atoms with Crippen LogP contribution in [0.5, 0.6) is 0 Å². The number of carbonyl (C=O) groups is 1. The van der Waals surface area contributed by atoms with Crippen molar-refractivity contribution in [1.82, 2.24) is 13.8 Å². The largest absolute Gasteiger partial charge is 0.464 e. The van der Waals surface area contributed by atoms with Crippen LogP contribution in [0.3, 0.4) is 0 Å². The number of benzene rings is 1. The van der Waals surface area contributed by atoms with Crippen LogP contribution in [0.25, 0.3) is 0 Å². The van der Waals surface area contributed by atoms with Gasteiger partial charge in [-0.1, -0.05) is 32.9 Å². The Morgan fingerprint density at radius 2 is 1.71 bits per heavy atom. The molecule has 8 heteroatoms. The Kier molecular flexibility index (Phi) is 6.93. The summed E-state index contributed by atoms with van der Waals surface area (Å²) in [4.78, 5) is 14.3. The molecule has 1 aromatic heterocycles. The standard InChI is InChI=1S/C23H33N3O4S/c1-6-23(2,3)19-7-9-20(10-8-19)31(28,29)26-13-11-25(12-14-26)17-18-15-21(22(27)30-5)24(4)16-18/h7-10,15-16H,6,11-14,17H2,1-5H3. The van der Waals surface area contributed by atoms with Crippen molar-refractivity contribution >= 4 is 16.0 Å². The summed E-state index contributed by atoms with van der Waals surface area (Å²) in [6, 6.07) is 9.15. The Hall–Kier alpha value is -2.16. The highest BCUT2D eigenvalue weighted by atomic mass is 32.2. The number of carbonyl (C=O) groups excluding carboxylic acids is 1. The molecule has 0 atom stereocenters. The number of piperazine rings is 1. The number of aryl methyl sites for hydroxylation is 1. The molecular formula is C23H33N3O4S. The smallest absolute Gasteiger partial charge is 0.354 e. The maximum Gasteiger partial charge on any atom is 0.354 e. The Bertz CT molecular complexity index is 1020. The van der Waals surface area contributed by atoms with Gasteiger partial charge in [0.1, 0.15) is 5.69 Å². The fraction of sp³-hybridized carbons (Fsp3) is 0.522. The van der Waals surface area contributed by atoms with Crippen LogP contribution in [0.2, 0.25) is 0 Å². The second kappa shape index (κ2) is 9.14. The minimum atomic E-state index is -3.50. The Morgan fingerprint density at radius 3 is 2.26 bits per heavy atom. The van der Waals surface area contributed by atoms with E-state index in [1.807, 2.05) is 31.4 Å². The molecule has 3 rings (SSSR count). The number of ether oxygens (including phenoxy) is 1. The lowest BCUT2D eigenvalue weighted by Gasteiger charge is -2.34. The van der Waals surface area contributed by atoms with Crippen LogP contribution in [0.1, 0.15) is 48.8 Å². The molecule has 1 aliphatic rings. The monoisotopic (exact) mass is 447 g/mol. The topological polar surface area (TPSA) is 71.8 Å². The van der Waals surface area contributed by atoms with Crippen LogP contribution in [-0.2, 0) is 33.8 Å². The maximum atomic E-state index is 13.1. The van der Waals surface area contributed by atoms with Gasteiger partial charge in [0.25, 0.3) is 0 Å². The zero-order valence-corrected chi connectivity index (χ0v) is 19.9. The van der Waals surface area contributed by atoms with Gasteiger partial charge in [-0.05, 0) is 41.2 Å². The second-order valence-corrected chi connectivity index (χ2v) is 10.7. The predicted molar refractivity (Wildman–Crippen MR) is 121 cm³/mol. The van der Waals surface area contributed by atoms with E-state index in [4.69, 9.17) is 4.74 Å². The quantitative estimate of drug-likeness (QED) is 0.610. The highest BCUT2D eigenvalue weighted by Crippen LogP contribution is 2.28. The third-order valence-corrected chi connectivity index (χ3v) is 8.26. The van der Waals surface area contributed by atoms with Crippen LogP contribution in [0, 0.1) is 0 Å². The van der Waals surface area contributed by atoms with Gasteiger partial charge in [0.15, 0.2) is 0 Å². The molecule has 2 aromatic rings. The van der Waals surface area contributed by atoms with E-state index in [1.54, 1.807) is 21.0 Å². The number of hydrogen-bond acceptors (Lipinski definition) is 5. The van der Waals surface area contributed by atoms with Gasteiger partial charge in [0, 0.05) is 46.0 Å². The number of sulfonamides is 1. The highest BCUT2D eigenvalue weighted by molar-refractivity contribution is 7.89. The number of hydrogen-bond donors (Lipinski definition) is 0. The summed E-state index contributed by atoms with van der Waals surface area (Å²) < 4.78 is 34.3. The predicted octanol–water partition coefficient (Wildman–Crippen LogP) is 3.01. The van der Waals surface area contributed by atoms with Gasteiger partial charge in [-0.25, -0.2) is 13.2 Å². The molecule has 0 aliphatic carbocycles. The van der Waals surface area contributed by atoms with Gasteiger partial charge in [0.05, 0.1) is 12.0 Å². The number of esters is 1. The molecule has 0 spiro atoms. The summed E-state index contributed by atoms with van der Waals surface area (Å²) in [7, 11) is -0.323. The summed E-state index contributed by atoms with van der Waals surface area (Å²) in [5.74, 6) is -0.363. The van der Waals surface area contributed by atoms with Crippen LogP contribution in [0.4, 0.5) is 0 Å². The van der Waals surface area contributed by atoms with Gasteiger partial charge in [0.2, 0.25) is 10.0 Å². The minimum Gasteiger partial charge on any atom is -0.464 e. The van der Waals surface area contributed by atoms with Gasteiger partial charge >= 0.3 is 5.97 Å². The lowest BCUT2D eigenvalue weighted by molar-refractivity contribution is 0.0590. The van der Waals surface area contributed by atoms with E-state index < -0.39 is 10.0 Å². The van der Waals surface area contributed by atoms with Gasteiger partial charge in [-0.15, -0.1) is 0 Å². The second-order valence-electron chi connectivity index (χ2n) is 8.78. The number of methoxy groups -OCH3 is 1. The summed E-state index contributed by atoms with van der Waals surface area (Å²) >= 11 is 0. The minimum absolute atomic E-state index is 0.0269. The van der Waals surface area contributed by atoms with Crippen LogP contribution >= 0.6 is 0 Å². The average molecular weight is 448 g/mol. The summed E-state index contributed by atoms with van der Waals surface area (Å²) in [5.41, 5.74) is 2.69. The molecule has 31 heavy (non-hydrogen) atoms. The molecule has 2 heterocycles. The van der Waals surface area contributed by atoms with Gasteiger partial charge in [-0.3, -0.25) is 4.90 Å². The van der Waals surface area contributed by atoms with E-state index in [1.165, 1.54) is 7.11 Å². The van der Waals surface area contributed by atoms with E-state index in [2.05, 4.69) is 25.7 Å². The van der Waals surface area contributed by atoms with E-state index in [-0.39, 0.29) is 11.4 Å². The van der Waals surface area contributed by atoms with Crippen molar-refractivity contribution < 1.29 is 17.9 Å². The van der Waals surface area contributed by atoms with Crippen LogP contribution < -0.4 is 0 Å². The molecule has 0 N–H and O–H groups in total. The Balaban J connectivity index is 1.63. The molecule has 7 nitrogen and oxygen atoms in total. The lowest BCUT2D eigenvalue weighted by atomic mass is 9.82. The van der Waals surface area contributed by atoms with Crippen molar-refractivity contribution in [2.45, 2.75) is 44.0 Å². The molecule has 0 unspecified atom stereocenters. The molecule has 1 fully saturated rings. The van der Waals surface area contributed by atoms with Crippen molar-refractivity contribution in [1.29, 1.82) is 0 Å². The molecule has 0 saturated carbocycles. The van der Waals surface area contributed by atoms with Gasteiger partial charge < -0.3 is 9.30 Å². The number of nitrogens with zero attached hydrogens (tertiary/aromatic N) is 3. The molecule has 0 amide bonds. The first-order valence-corrected chi connectivity index (χ1v) is 12.1. The zero-order chi connectivity index (χ0) is 22.8. The summed E-state index contributed by atoms with van der Waals surface area (Å²) in [5, 5.41) is 0. The Labute approximate surface area is 185 Å². The molecule has 170 valence electrons. The number of aromatic nitrogens is 1. The molecule has 0 bridgehead atoms. The van der Waals surface area contributed by atoms with E-state index in [0.29, 0.717) is 43.3 Å². The molecule has 1 saturated heterocycles.